The van der Waals surface area contributed by atoms with Crippen LogP contribution in [0.15, 0.2) is 18.2 Å². The lowest BCUT2D eigenvalue weighted by molar-refractivity contribution is 0.447. The van der Waals surface area contributed by atoms with Crippen LogP contribution in [-0.4, -0.2) is 10.2 Å². The van der Waals surface area contributed by atoms with E-state index < -0.39 is 0 Å². The Morgan fingerprint density at radius 1 is 1.14 bits per heavy atom. The summed E-state index contributed by atoms with van der Waals surface area (Å²) in [5.41, 5.74) is 1.63. The molecule has 0 atom stereocenters. The van der Waals surface area contributed by atoms with Crippen LogP contribution in [0.5, 0.6) is 11.5 Å². The van der Waals surface area contributed by atoms with Crippen LogP contribution in [0.3, 0.4) is 0 Å². The SMILES string of the molecule is C/C=C\c1cc(O)cc(O)c1C.CC. The third-order valence-corrected chi connectivity index (χ3v) is 1.75. The average Bonchev–Trinajstić information content (AvgIpc) is 2.17. The molecule has 0 radical (unpaired) electrons. The highest BCUT2D eigenvalue weighted by molar-refractivity contribution is 5.59. The van der Waals surface area contributed by atoms with E-state index in [1.807, 2.05) is 39.8 Å². The first kappa shape index (κ1) is 12.6. The molecule has 2 N–H and O–H groups in total. The van der Waals surface area contributed by atoms with Crippen LogP contribution in [0.25, 0.3) is 6.08 Å². The van der Waals surface area contributed by atoms with Crippen LogP contribution in [0.2, 0.25) is 0 Å². The van der Waals surface area contributed by atoms with Crippen molar-refractivity contribution in [2.45, 2.75) is 27.7 Å². The van der Waals surface area contributed by atoms with E-state index in [9.17, 15) is 5.11 Å². The van der Waals surface area contributed by atoms with Gasteiger partial charge in [0.05, 0.1) is 0 Å². The first-order valence-electron chi connectivity index (χ1n) is 4.80. The van der Waals surface area contributed by atoms with E-state index >= 15 is 0 Å². The van der Waals surface area contributed by atoms with Crippen LogP contribution in [-0.2, 0) is 0 Å². The van der Waals surface area contributed by atoms with Gasteiger partial charge in [0.2, 0.25) is 0 Å². The van der Waals surface area contributed by atoms with E-state index in [0.717, 1.165) is 11.1 Å². The molecule has 1 rings (SSSR count). The normalized spacial score (nSPS) is 9.71. The molecule has 14 heavy (non-hydrogen) atoms. The number of hydrogen-bond acceptors (Lipinski definition) is 2. The van der Waals surface area contributed by atoms with E-state index in [0.29, 0.717) is 0 Å². The molecule has 0 spiro atoms. The molecule has 0 unspecified atom stereocenters. The summed E-state index contributed by atoms with van der Waals surface area (Å²) in [6, 6.07) is 2.96. The Hall–Kier alpha value is -1.44. The first-order chi connectivity index (χ1) is 6.65. The van der Waals surface area contributed by atoms with E-state index in [-0.39, 0.29) is 11.5 Å². The fourth-order valence-electron chi connectivity index (χ4n) is 1.06. The van der Waals surface area contributed by atoms with Crippen molar-refractivity contribution in [1.82, 2.24) is 0 Å². The van der Waals surface area contributed by atoms with Gasteiger partial charge >= 0.3 is 0 Å². The summed E-state index contributed by atoms with van der Waals surface area (Å²) < 4.78 is 0. The molecule has 0 bridgehead atoms. The minimum Gasteiger partial charge on any atom is -0.508 e. The fraction of sp³-hybridized carbons (Fsp3) is 0.333. The van der Waals surface area contributed by atoms with Crippen molar-refractivity contribution in [1.29, 1.82) is 0 Å². The minimum absolute atomic E-state index is 0.0891. The number of hydrogen-bond donors (Lipinski definition) is 2. The first-order valence-corrected chi connectivity index (χ1v) is 4.80. The summed E-state index contributed by atoms with van der Waals surface area (Å²) in [5.74, 6) is 0.217. The quantitative estimate of drug-likeness (QED) is 0.718. The van der Waals surface area contributed by atoms with Crippen LogP contribution < -0.4 is 0 Å². The highest BCUT2D eigenvalue weighted by Crippen LogP contribution is 2.26. The monoisotopic (exact) mass is 194 g/mol. The Morgan fingerprint density at radius 3 is 2.21 bits per heavy atom. The summed E-state index contributed by atoms with van der Waals surface area (Å²) in [6.07, 6.45) is 3.70. The van der Waals surface area contributed by atoms with Crippen molar-refractivity contribution in [3.05, 3.63) is 29.3 Å². The van der Waals surface area contributed by atoms with Crippen molar-refractivity contribution < 1.29 is 10.2 Å². The van der Waals surface area contributed by atoms with Gasteiger partial charge in [0.1, 0.15) is 11.5 Å². The molecule has 0 aliphatic carbocycles. The third kappa shape index (κ3) is 3.13. The molecule has 0 fully saturated rings. The summed E-state index contributed by atoms with van der Waals surface area (Å²) >= 11 is 0. The number of allylic oxidation sites excluding steroid dienone is 1. The molecular formula is C12H18O2. The van der Waals surface area contributed by atoms with Gasteiger partial charge in [0.25, 0.3) is 0 Å². The summed E-state index contributed by atoms with van der Waals surface area (Å²) in [7, 11) is 0. The Balaban J connectivity index is 0.000000791. The molecule has 2 heteroatoms. The topological polar surface area (TPSA) is 40.5 Å². The van der Waals surface area contributed by atoms with Crippen LogP contribution >= 0.6 is 0 Å². The third-order valence-electron chi connectivity index (χ3n) is 1.75. The number of benzene rings is 1. The average molecular weight is 194 g/mol. The van der Waals surface area contributed by atoms with E-state index in [4.69, 9.17) is 5.11 Å². The van der Waals surface area contributed by atoms with Gasteiger partial charge in [-0.3, -0.25) is 0 Å². The smallest absolute Gasteiger partial charge is 0.122 e. The Bertz CT molecular complexity index is 314. The maximum absolute atomic E-state index is 9.31. The Morgan fingerprint density at radius 2 is 1.71 bits per heavy atom. The fourth-order valence-corrected chi connectivity index (χ4v) is 1.06. The number of phenolic OH excluding ortho intramolecular Hbond substituents is 2. The molecule has 1 aromatic carbocycles. The van der Waals surface area contributed by atoms with Crippen LogP contribution in [0, 0.1) is 6.92 Å². The van der Waals surface area contributed by atoms with E-state index in [2.05, 4.69) is 0 Å². The van der Waals surface area contributed by atoms with Gasteiger partial charge in [-0.1, -0.05) is 26.0 Å². The number of aromatic hydroxyl groups is 2. The highest BCUT2D eigenvalue weighted by atomic mass is 16.3. The zero-order valence-corrected chi connectivity index (χ0v) is 9.20. The maximum Gasteiger partial charge on any atom is 0.122 e. The zero-order valence-electron chi connectivity index (χ0n) is 9.20. The molecule has 0 aliphatic heterocycles. The molecule has 0 saturated carbocycles. The molecule has 0 aliphatic rings. The predicted molar refractivity (Wildman–Crippen MR) is 60.6 cm³/mol. The second-order valence-electron chi connectivity index (χ2n) is 2.68. The van der Waals surface area contributed by atoms with E-state index in [1.54, 1.807) is 6.07 Å². The molecule has 1 aromatic rings. The van der Waals surface area contributed by atoms with E-state index in [1.165, 1.54) is 6.07 Å². The number of phenols is 2. The van der Waals surface area contributed by atoms with Gasteiger partial charge in [-0.15, -0.1) is 0 Å². The van der Waals surface area contributed by atoms with Crippen LogP contribution in [0.4, 0.5) is 0 Å². The van der Waals surface area contributed by atoms with Gasteiger partial charge in [0, 0.05) is 6.07 Å². The van der Waals surface area contributed by atoms with Crippen molar-refractivity contribution in [3.63, 3.8) is 0 Å². The summed E-state index contributed by atoms with van der Waals surface area (Å²) in [5, 5.41) is 18.5. The standard InChI is InChI=1S/C10H12O2.C2H6/c1-3-4-8-5-9(11)6-10(12)7(8)2;1-2/h3-6,11-12H,1-2H3;1-2H3/b4-3-;. The van der Waals surface area contributed by atoms with Crippen LogP contribution in [0.1, 0.15) is 31.9 Å². The second-order valence-corrected chi connectivity index (χ2v) is 2.68. The lowest BCUT2D eigenvalue weighted by Gasteiger charge is -2.03. The molecule has 0 aromatic heterocycles. The minimum atomic E-state index is 0.0891. The Kier molecular flexibility index (Phi) is 5.46. The van der Waals surface area contributed by atoms with Gasteiger partial charge in [0.15, 0.2) is 0 Å². The molecule has 0 heterocycles. The van der Waals surface area contributed by atoms with Gasteiger partial charge < -0.3 is 10.2 Å². The van der Waals surface area contributed by atoms with Gasteiger partial charge in [-0.05, 0) is 31.0 Å². The lowest BCUT2D eigenvalue weighted by atomic mass is 10.1. The summed E-state index contributed by atoms with van der Waals surface area (Å²) in [4.78, 5) is 0. The zero-order chi connectivity index (χ0) is 11.1. The number of rotatable bonds is 1. The Labute approximate surface area is 85.5 Å². The molecule has 2 nitrogen and oxygen atoms in total. The second kappa shape index (κ2) is 6.08. The highest BCUT2D eigenvalue weighted by Gasteiger charge is 2.02. The van der Waals surface area contributed by atoms with Gasteiger partial charge in [-0.2, -0.15) is 0 Å². The summed E-state index contributed by atoms with van der Waals surface area (Å²) in [6.45, 7) is 7.70. The van der Waals surface area contributed by atoms with Crippen molar-refractivity contribution >= 4 is 6.08 Å². The van der Waals surface area contributed by atoms with Crippen molar-refractivity contribution in [3.8, 4) is 11.5 Å². The van der Waals surface area contributed by atoms with Gasteiger partial charge in [-0.25, -0.2) is 0 Å². The maximum atomic E-state index is 9.31. The molecular weight excluding hydrogens is 176 g/mol. The van der Waals surface area contributed by atoms with Crippen molar-refractivity contribution in [2.24, 2.45) is 0 Å². The molecule has 0 amide bonds. The lowest BCUT2D eigenvalue weighted by Crippen LogP contribution is -1.81. The molecule has 0 saturated heterocycles. The molecule has 78 valence electrons. The van der Waals surface area contributed by atoms with Crippen molar-refractivity contribution in [2.75, 3.05) is 0 Å². The largest absolute Gasteiger partial charge is 0.508 e. The predicted octanol–water partition coefficient (Wildman–Crippen LogP) is 3.47.